The van der Waals surface area contributed by atoms with Crippen LogP contribution in [0.3, 0.4) is 0 Å². The van der Waals surface area contributed by atoms with Gasteiger partial charge in [-0.3, -0.25) is 0 Å². The summed E-state index contributed by atoms with van der Waals surface area (Å²) in [6, 6.07) is 5.10. The lowest BCUT2D eigenvalue weighted by Gasteiger charge is -2.01. The Morgan fingerprint density at radius 1 is 1.07 bits per heavy atom. The van der Waals surface area contributed by atoms with Crippen molar-refractivity contribution in [1.82, 2.24) is 9.97 Å². The number of nitrogens with zero attached hydrogens (tertiary/aromatic N) is 2. The zero-order chi connectivity index (χ0) is 9.97. The van der Waals surface area contributed by atoms with Gasteiger partial charge in [0.25, 0.3) is 0 Å². The minimum absolute atomic E-state index is 0.202. The molecule has 0 amide bonds. The molecule has 0 fully saturated rings. The van der Waals surface area contributed by atoms with Crippen LogP contribution in [0, 0.1) is 12.7 Å². The van der Waals surface area contributed by atoms with E-state index in [0.717, 1.165) is 11.1 Å². The summed E-state index contributed by atoms with van der Waals surface area (Å²) in [5.74, 6) is -0.202. The second kappa shape index (κ2) is 3.54. The van der Waals surface area contributed by atoms with E-state index in [4.69, 9.17) is 0 Å². The first kappa shape index (κ1) is 8.81. The van der Waals surface area contributed by atoms with E-state index in [0.29, 0.717) is 5.56 Å². The minimum Gasteiger partial charge on any atom is -0.244 e. The molecule has 1 aromatic carbocycles. The van der Waals surface area contributed by atoms with Crippen LogP contribution in [0.5, 0.6) is 0 Å². The molecule has 0 N–H and O–H groups in total. The van der Waals surface area contributed by atoms with E-state index in [1.165, 1.54) is 12.4 Å². The molecule has 0 saturated carbocycles. The monoisotopic (exact) mass is 188 g/mol. The lowest BCUT2D eigenvalue weighted by molar-refractivity contribution is 0.619. The molecule has 0 spiro atoms. The van der Waals surface area contributed by atoms with Crippen molar-refractivity contribution in [3.63, 3.8) is 0 Å². The van der Waals surface area contributed by atoms with Crippen LogP contribution in [0.15, 0.2) is 36.9 Å². The Bertz CT molecular complexity index is 440. The number of hydrogen-bond donors (Lipinski definition) is 0. The highest BCUT2D eigenvalue weighted by Crippen LogP contribution is 2.19. The van der Waals surface area contributed by atoms with Gasteiger partial charge in [-0.25, -0.2) is 14.4 Å². The summed E-state index contributed by atoms with van der Waals surface area (Å²) in [6.07, 6.45) is 4.78. The maximum atomic E-state index is 13.2. The molecule has 0 aliphatic rings. The molecule has 0 aliphatic heterocycles. The molecule has 0 radical (unpaired) electrons. The molecule has 0 atom stereocenters. The largest absolute Gasteiger partial charge is 0.244 e. The standard InChI is InChI=1S/C11H9FN2/c1-8-2-3-9(4-11(8)12)10-5-13-7-14-6-10/h2-7H,1H3. The molecule has 2 rings (SSSR count). The molecule has 3 heteroatoms. The third-order valence-electron chi connectivity index (χ3n) is 2.07. The Hall–Kier alpha value is -1.77. The Morgan fingerprint density at radius 3 is 2.43 bits per heavy atom. The molecule has 70 valence electrons. The molecule has 14 heavy (non-hydrogen) atoms. The molecule has 1 heterocycles. The van der Waals surface area contributed by atoms with Crippen LogP contribution in [0.4, 0.5) is 4.39 Å². The number of rotatable bonds is 1. The average Bonchev–Trinajstić information content (AvgIpc) is 2.23. The topological polar surface area (TPSA) is 25.8 Å². The molecule has 0 aliphatic carbocycles. The summed E-state index contributed by atoms with van der Waals surface area (Å²) < 4.78 is 13.2. The van der Waals surface area contributed by atoms with Gasteiger partial charge in [-0.2, -0.15) is 0 Å². The van der Waals surface area contributed by atoms with Crippen molar-refractivity contribution in [3.8, 4) is 11.1 Å². The summed E-state index contributed by atoms with van der Waals surface area (Å²) in [4.78, 5) is 7.76. The zero-order valence-corrected chi connectivity index (χ0v) is 7.74. The van der Waals surface area contributed by atoms with Crippen molar-refractivity contribution < 1.29 is 4.39 Å². The second-order valence-corrected chi connectivity index (χ2v) is 3.09. The van der Waals surface area contributed by atoms with Gasteiger partial charge < -0.3 is 0 Å². The Kier molecular flexibility index (Phi) is 2.23. The molecule has 0 saturated heterocycles. The quantitative estimate of drug-likeness (QED) is 0.687. The van der Waals surface area contributed by atoms with E-state index in [-0.39, 0.29) is 5.82 Å². The van der Waals surface area contributed by atoms with Crippen LogP contribution in [0.2, 0.25) is 0 Å². The maximum Gasteiger partial charge on any atom is 0.126 e. The van der Waals surface area contributed by atoms with E-state index in [2.05, 4.69) is 9.97 Å². The maximum absolute atomic E-state index is 13.2. The van der Waals surface area contributed by atoms with E-state index < -0.39 is 0 Å². The summed E-state index contributed by atoms with van der Waals surface area (Å²) in [5, 5.41) is 0. The van der Waals surface area contributed by atoms with E-state index in [9.17, 15) is 4.39 Å². The van der Waals surface area contributed by atoms with Crippen molar-refractivity contribution in [2.24, 2.45) is 0 Å². The summed E-state index contributed by atoms with van der Waals surface area (Å²) in [6.45, 7) is 1.74. The van der Waals surface area contributed by atoms with Crippen molar-refractivity contribution in [2.45, 2.75) is 6.92 Å². The Labute approximate surface area is 81.5 Å². The molecular formula is C11H9FN2. The average molecular weight is 188 g/mol. The number of hydrogen-bond acceptors (Lipinski definition) is 2. The van der Waals surface area contributed by atoms with Crippen LogP contribution in [0.25, 0.3) is 11.1 Å². The highest BCUT2D eigenvalue weighted by atomic mass is 19.1. The number of benzene rings is 1. The van der Waals surface area contributed by atoms with Crippen LogP contribution >= 0.6 is 0 Å². The van der Waals surface area contributed by atoms with Gasteiger partial charge >= 0.3 is 0 Å². The first-order valence-corrected chi connectivity index (χ1v) is 4.29. The second-order valence-electron chi connectivity index (χ2n) is 3.09. The van der Waals surface area contributed by atoms with Gasteiger partial charge in [0.15, 0.2) is 0 Å². The SMILES string of the molecule is Cc1ccc(-c2cncnc2)cc1F. The van der Waals surface area contributed by atoms with Crippen molar-refractivity contribution >= 4 is 0 Å². The van der Waals surface area contributed by atoms with Crippen LogP contribution < -0.4 is 0 Å². The predicted molar refractivity (Wildman–Crippen MR) is 52.2 cm³/mol. The predicted octanol–water partition coefficient (Wildman–Crippen LogP) is 2.59. The third kappa shape index (κ3) is 1.62. The first-order chi connectivity index (χ1) is 6.77. The van der Waals surface area contributed by atoms with Gasteiger partial charge in [0.1, 0.15) is 12.1 Å². The normalized spacial score (nSPS) is 10.1. The molecular weight excluding hydrogens is 179 g/mol. The highest BCUT2D eigenvalue weighted by Gasteiger charge is 2.01. The van der Waals surface area contributed by atoms with Gasteiger partial charge in [-0.05, 0) is 24.1 Å². The minimum atomic E-state index is -0.202. The van der Waals surface area contributed by atoms with Gasteiger partial charge in [0.05, 0.1) is 0 Å². The van der Waals surface area contributed by atoms with Crippen LogP contribution in [-0.2, 0) is 0 Å². The van der Waals surface area contributed by atoms with Crippen LogP contribution in [-0.4, -0.2) is 9.97 Å². The molecule has 0 unspecified atom stereocenters. The van der Waals surface area contributed by atoms with Crippen molar-refractivity contribution in [3.05, 3.63) is 48.3 Å². The summed E-state index contributed by atoms with van der Waals surface area (Å²) in [7, 11) is 0. The summed E-state index contributed by atoms with van der Waals surface area (Å²) >= 11 is 0. The van der Waals surface area contributed by atoms with Gasteiger partial charge in [-0.1, -0.05) is 12.1 Å². The van der Waals surface area contributed by atoms with Gasteiger partial charge in [0.2, 0.25) is 0 Å². The first-order valence-electron chi connectivity index (χ1n) is 4.29. The van der Waals surface area contributed by atoms with Crippen LogP contribution in [0.1, 0.15) is 5.56 Å². The number of aromatic nitrogens is 2. The van der Waals surface area contributed by atoms with Crippen molar-refractivity contribution in [2.75, 3.05) is 0 Å². The number of aryl methyl sites for hydroxylation is 1. The summed E-state index contributed by atoms with van der Waals surface area (Å²) in [5.41, 5.74) is 2.27. The molecule has 2 aromatic rings. The zero-order valence-electron chi connectivity index (χ0n) is 7.74. The molecule has 2 nitrogen and oxygen atoms in total. The van der Waals surface area contributed by atoms with E-state index in [1.807, 2.05) is 6.07 Å². The Morgan fingerprint density at radius 2 is 1.79 bits per heavy atom. The Balaban J connectivity index is 2.48. The lowest BCUT2D eigenvalue weighted by Crippen LogP contribution is -1.86. The highest BCUT2D eigenvalue weighted by molar-refractivity contribution is 5.61. The smallest absolute Gasteiger partial charge is 0.126 e. The van der Waals surface area contributed by atoms with Gasteiger partial charge in [-0.15, -0.1) is 0 Å². The third-order valence-corrected chi connectivity index (χ3v) is 2.07. The van der Waals surface area contributed by atoms with E-state index >= 15 is 0 Å². The van der Waals surface area contributed by atoms with E-state index in [1.54, 1.807) is 25.4 Å². The lowest BCUT2D eigenvalue weighted by atomic mass is 10.1. The molecule has 0 bridgehead atoms. The fraction of sp³-hybridized carbons (Fsp3) is 0.0909. The fourth-order valence-corrected chi connectivity index (χ4v) is 1.22. The number of halogens is 1. The fourth-order valence-electron chi connectivity index (χ4n) is 1.22. The van der Waals surface area contributed by atoms with Gasteiger partial charge in [0, 0.05) is 18.0 Å². The molecule has 1 aromatic heterocycles. The van der Waals surface area contributed by atoms with Crippen molar-refractivity contribution in [1.29, 1.82) is 0 Å².